The van der Waals surface area contributed by atoms with Gasteiger partial charge in [0.25, 0.3) is 0 Å². The fourth-order valence-electron chi connectivity index (χ4n) is 7.58. The Morgan fingerprint density at radius 3 is 1.00 bits per heavy atom. The van der Waals surface area contributed by atoms with Crippen LogP contribution in [0.1, 0.15) is 265 Å². The average Bonchev–Trinajstić information content (AvgIpc) is 3.30. The van der Waals surface area contributed by atoms with Gasteiger partial charge < -0.3 is 14.2 Å². The molecule has 0 aliphatic carbocycles. The van der Waals surface area contributed by atoms with E-state index in [0.717, 1.165) is 109 Å². The zero-order valence-electron chi connectivity index (χ0n) is 42.7. The fraction of sp³-hybridized carbons (Fsp3) is 0.746. The van der Waals surface area contributed by atoms with E-state index in [4.69, 9.17) is 14.2 Å². The Morgan fingerprint density at radius 1 is 0.323 bits per heavy atom. The lowest BCUT2D eigenvalue weighted by molar-refractivity contribution is -0.167. The Bertz CT molecular complexity index is 1230. The van der Waals surface area contributed by atoms with E-state index >= 15 is 0 Å². The number of esters is 3. The van der Waals surface area contributed by atoms with Crippen molar-refractivity contribution >= 4 is 17.9 Å². The van der Waals surface area contributed by atoms with Crippen molar-refractivity contribution in [3.05, 3.63) is 72.9 Å². The first-order valence-corrected chi connectivity index (χ1v) is 27.4. The first kappa shape index (κ1) is 61.9. The number of carbonyl (C=O) groups excluding carboxylic acids is 3. The van der Waals surface area contributed by atoms with Crippen molar-refractivity contribution in [1.29, 1.82) is 0 Å². The Balaban J connectivity index is 4.44. The lowest BCUT2D eigenvalue weighted by Gasteiger charge is -2.18. The van der Waals surface area contributed by atoms with Crippen LogP contribution in [-0.2, 0) is 28.6 Å². The number of hydrogen-bond donors (Lipinski definition) is 0. The zero-order valence-corrected chi connectivity index (χ0v) is 42.7. The van der Waals surface area contributed by atoms with Gasteiger partial charge in [0, 0.05) is 19.3 Å². The highest BCUT2D eigenvalue weighted by Crippen LogP contribution is 2.16. The summed E-state index contributed by atoms with van der Waals surface area (Å²) in [5.41, 5.74) is 0. The molecule has 0 aliphatic heterocycles. The zero-order chi connectivity index (χ0) is 47.2. The van der Waals surface area contributed by atoms with E-state index in [0.29, 0.717) is 19.3 Å². The number of allylic oxidation sites excluding steroid dienone is 12. The average molecular weight is 907 g/mol. The van der Waals surface area contributed by atoms with E-state index in [1.54, 1.807) is 0 Å². The summed E-state index contributed by atoms with van der Waals surface area (Å²) >= 11 is 0. The molecule has 0 aliphatic rings. The molecule has 0 heterocycles. The maximum Gasteiger partial charge on any atom is 0.306 e. The Kier molecular flexibility index (Phi) is 50.9. The van der Waals surface area contributed by atoms with Crippen LogP contribution in [0.4, 0.5) is 0 Å². The summed E-state index contributed by atoms with van der Waals surface area (Å²) in [6.07, 6.45) is 67.4. The van der Waals surface area contributed by atoms with Crippen LogP contribution >= 0.6 is 0 Å². The predicted octanol–water partition coefficient (Wildman–Crippen LogP) is 18.2. The molecule has 6 nitrogen and oxygen atoms in total. The van der Waals surface area contributed by atoms with Crippen molar-refractivity contribution in [2.75, 3.05) is 13.2 Å². The molecule has 0 fully saturated rings. The van der Waals surface area contributed by atoms with Gasteiger partial charge in [0.05, 0.1) is 0 Å². The van der Waals surface area contributed by atoms with Gasteiger partial charge in [-0.25, -0.2) is 0 Å². The van der Waals surface area contributed by atoms with E-state index in [-0.39, 0.29) is 31.1 Å². The summed E-state index contributed by atoms with van der Waals surface area (Å²) in [7, 11) is 0. The van der Waals surface area contributed by atoms with Crippen molar-refractivity contribution in [2.24, 2.45) is 0 Å². The molecule has 0 spiro atoms. The summed E-state index contributed by atoms with van der Waals surface area (Å²) in [5, 5.41) is 0. The fourth-order valence-corrected chi connectivity index (χ4v) is 7.58. The quantitative estimate of drug-likeness (QED) is 0.0262. The molecule has 1 atom stereocenters. The van der Waals surface area contributed by atoms with E-state index in [9.17, 15) is 14.4 Å². The monoisotopic (exact) mass is 907 g/mol. The van der Waals surface area contributed by atoms with Gasteiger partial charge in [0.15, 0.2) is 6.10 Å². The Morgan fingerprint density at radius 2 is 0.600 bits per heavy atom. The van der Waals surface area contributed by atoms with Gasteiger partial charge in [0.1, 0.15) is 13.2 Å². The van der Waals surface area contributed by atoms with Gasteiger partial charge in [-0.3, -0.25) is 14.4 Å². The molecule has 0 saturated carbocycles. The molecule has 0 aromatic heterocycles. The number of hydrogen-bond acceptors (Lipinski definition) is 6. The number of unbranched alkanes of at least 4 members (excludes halogenated alkanes) is 26. The standard InChI is InChI=1S/C59H102O6/c1-4-7-10-13-16-19-22-25-28-29-32-35-38-41-44-47-50-53-59(62)65-56(54-63-57(60)51-48-45-42-39-36-33-30-26-23-20-17-14-11-8-5-2)55-64-58(61)52-49-46-43-40-37-34-31-27-24-21-18-15-12-9-6-3/h8,11,17-18,20-21,26-27,30-31,37,40,56H,4-7,9-10,12-16,19,22-25,28-29,32-36,38-39,41-55H2,1-3H3/b11-8-,20-17-,21-18-,30-26-,31-27-,40-37-/t56-/m1/s1. The van der Waals surface area contributed by atoms with Gasteiger partial charge in [-0.15, -0.1) is 0 Å². The van der Waals surface area contributed by atoms with Gasteiger partial charge in [0.2, 0.25) is 0 Å². The third-order valence-electron chi connectivity index (χ3n) is 11.7. The molecule has 0 amide bonds. The molecule has 0 radical (unpaired) electrons. The highest BCUT2D eigenvalue weighted by atomic mass is 16.6. The van der Waals surface area contributed by atoms with Crippen LogP contribution in [0.5, 0.6) is 0 Å². The van der Waals surface area contributed by atoms with Crippen LogP contribution in [0.3, 0.4) is 0 Å². The summed E-state index contributed by atoms with van der Waals surface area (Å²) in [6.45, 7) is 6.47. The molecule has 0 aromatic carbocycles. The van der Waals surface area contributed by atoms with E-state index in [2.05, 4.69) is 93.7 Å². The minimum absolute atomic E-state index is 0.0949. The minimum atomic E-state index is -0.796. The molecule has 0 rings (SSSR count). The summed E-state index contributed by atoms with van der Waals surface area (Å²) < 4.78 is 16.8. The SMILES string of the molecule is CC/C=C\C/C=C\C/C=C\CCCCCCCC(=O)OC[C@H](COC(=O)CCCC/C=C\C/C=C\C/C=C\CCCCC)OC(=O)CCCCCCCCCCCCCCCCCCC. The van der Waals surface area contributed by atoms with E-state index in [1.165, 1.54) is 116 Å². The van der Waals surface area contributed by atoms with Crippen LogP contribution in [0.15, 0.2) is 72.9 Å². The van der Waals surface area contributed by atoms with E-state index in [1.807, 2.05) is 0 Å². The normalized spacial score (nSPS) is 12.6. The van der Waals surface area contributed by atoms with Crippen molar-refractivity contribution in [1.82, 2.24) is 0 Å². The van der Waals surface area contributed by atoms with Gasteiger partial charge in [-0.1, -0.05) is 229 Å². The second-order valence-electron chi connectivity index (χ2n) is 18.1. The number of carbonyl (C=O) groups is 3. The molecular weight excluding hydrogens is 805 g/mol. The minimum Gasteiger partial charge on any atom is -0.462 e. The van der Waals surface area contributed by atoms with Gasteiger partial charge in [-0.05, 0) is 89.9 Å². The largest absolute Gasteiger partial charge is 0.462 e. The third-order valence-corrected chi connectivity index (χ3v) is 11.7. The molecular formula is C59H102O6. The van der Waals surface area contributed by atoms with Crippen LogP contribution in [0.25, 0.3) is 0 Å². The smallest absolute Gasteiger partial charge is 0.306 e. The van der Waals surface area contributed by atoms with Crippen LogP contribution < -0.4 is 0 Å². The topological polar surface area (TPSA) is 78.9 Å². The van der Waals surface area contributed by atoms with Crippen molar-refractivity contribution < 1.29 is 28.6 Å². The van der Waals surface area contributed by atoms with Crippen LogP contribution in [-0.4, -0.2) is 37.2 Å². The van der Waals surface area contributed by atoms with Gasteiger partial charge in [-0.2, -0.15) is 0 Å². The molecule has 0 aromatic rings. The summed E-state index contributed by atoms with van der Waals surface area (Å²) in [6, 6.07) is 0. The second kappa shape index (κ2) is 53.5. The lowest BCUT2D eigenvalue weighted by atomic mass is 10.0. The maximum atomic E-state index is 12.8. The molecule has 0 bridgehead atoms. The predicted molar refractivity (Wildman–Crippen MR) is 279 cm³/mol. The summed E-state index contributed by atoms with van der Waals surface area (Å²) in [4.78, 5) is 38.1. The maximum absolute atomic E-state index is 12.8. The molecule has 0 N–H and O–H groups in total. The number of rotatable bonds is 49. The van der Waals surface area contributed by atoms with Crippen LogP contribution in [0, 0.1) is 0 Å². The van der Waals surface area contributed by atoms with Gasteiger partial charge >= 0.3 is 17.9 Å². The highest BCUT2D eigenvalue weighted by molar-refractivity contribution is 5.71. The molecule has 6 heteroatoms. The molecule has 0 unspecified atom stereocenters. The molecule has 65 heavy (non-hydrogen) atoms. The van der Waals surface area contributed by atoms with E-state index < -0.39 is 6.10 Å². The lowest BCUT2D eigenvalue weighted by Crippen LogP contribution is -2.30. The van der Waals surface area contributed by atoms with Crippen molar-refractivity contribution in [3.8, 4) is 0 Å². The molecule has 0 saturated heterocycles. The number of ether oxygens (including phenoxy) is 3. The first-order valence-electron chi connectivity index (χ1n) is 27.4. The van der Waals surface area contributed by atoms with Crippen LogP contribution in [0.2, 0.25) is 0 Å². The summed E-state index contributed by atoms with van der Waals surface area (Å²) in [5.74, 6) is -0.942. The van der Waals surface area contributed by atoms with Crippen molar-refractivity contribution in [2.45, 2.75) is 271 Å². The van der Waals surface area contributed by atoms with Crippen molar-refractivity contribution in [3.63, 3.8) is 0 Å². The highest BCUT2D eigenvalue weighted by Gasteiger charge is 2.19. The Hall–Kier alpha value is -3.15. The second-order valence-corrected chi connectivity index (χ2v) is 18.1. The first-order chi connectivity index (χ1) is 32.0. The third kappa shape index (κ3) is 51.7. The Labute approximate surface area is 402 Å². The molecule has 374 valence electrons.